The van der Waals surface area contributed by atoms with E-state index < -0.39 is 5.82 Å². The van der Waals surface area contributed by atoms with Crippen LogP contribution in [0.15, 0.2) is 48.9 Å². The zero-order valence-electron chi connectivity index (χ0n) is 17.3. The summed E-state index contributed by atoms with van der Waals surface area (Å²) in [5.74, 6) is 1.20. The first-order valence-electron chi connectivity index (χ1n) is 10.6. The van der Waals surface area contributed by atoms with Crippen molar-refractivity contribution in [3.63, 3.8) is 0 Å². The molecule has 7 nitrogen and oxygen atoms in total. The smallest absolute Gasteiger partial charge is 0.274 e. The first-order chi connectivity index (χ1) is 15.1. The fraction of sp³-hybridized carbons (Fsp3) is 0.391. The van der Waals surface area contributed by atoms with Gasteiger partial charge in [-0.3, -0.25) is 4.79 Å². The minimum absolute atomic E-state index is 0.0653. The highest BCUT2D eigenvalue weighted by atomic mass is 19.1. The Bertz CT molecular complexity index is 1070. The van der Waals surface area contributed by atoms with E-state index in [1.54, 1.807) is 10.9 Å². The van der Waals surface area contributed by atoms with Gasteiger partial charge >= 0.3 is 0 Å². The Kier molecular flexibility index (Phi) is 5.13. The summed E-state index contributed by atoms with van der Waals surface area (Å²) in [7, 11) is 0. The summed E-state index contributed by atoms with van der Waals surface area (Å²) < 4.78 is 20.4. The van der Waals surface area contributed by atoms with E-state index in [0.29, 0.717) is 42.1 Å². The molecule has 3 aromatic heterocycles. The van der Waals surface area contributed by atoms with Crippen LogP contribution in [0.5, 0.6) is 5.88 Å². The van der Waals surface area contributed by atoms with Gasteiger partial charge in [-0.2, -0.15) is 5.10 Å². The molecule has 0 bridgehead atoms. The number of fused-ring (bicyclic) bond motifs is 1. The number of hydrogen-bond acceptors (Lipinski definition) is 5. The molecular weight excluding hydrogens is 397 g/mol. The number of rotatable bonds is 6. The second-order valence-corrected chi connectivity index (χ2v) is 8.33. The largest absolute Gasteiger partial charge is 0.478 e. The summed E-state index contributed by atoms with van der Waals surface area (Å²) in [6, 6.07) is 8.53. The number of carbonyl (C=O) groups excluding carboxylic acids is 1. The van der Waals surface area contributed by atoms with E-state index in [1.807, 2.05) is 36.2 Å². The standard InChI is InChI=1S/C23H24FN5O2/c1-15-3-5-20(29-9-2-8-26-29)22(27-15)23(30)28-14-17-11-16(17)12-19(28)7-10-31-21-6-4-18(24)13-25-21/h2-6,8-9,13,16-17,19H,7,10-12,14H2,1H3/t16-,17?,19-/m1/s1. The first kappa shape index (κ1) is 19.7. The molecule has 1 unspecified atom stereocenters. The first-order valence-corrected chi connectivity index (χ1v) is 10.6. The maximum Gasteiger partial charge on any atom is 0.274 e. The van der Waals surface area contributed by atoms with Crippen molar-refractivity contribution < 1.29 is 13.9 Å². The van der Waals surface area contributed by atoms with Crippen LogP contribution >= 0.6 is 0 Å². The highest BCUT2D eigenvalue weighted by Gasteiger charge is 2.47. The van der Waals surface area contributed by atoms with Crippen molar-refractivity contribution in [3.8, 4) is 11.6 Å². The average Bonchev–Trinajstić information content (AvgIpc) is 3.32. The second-order valence-electron chi connectivity index (χ2n) is 8.33. The fourth-order valence-electron chi connectivity index (χ4n) is 4.41. The number of pyridine rings is 2. The third-order valence-corrected chi connectivity index (χ3v) is 6.14. The molecule has 4 heterocycles. The van der Waals surface area contributed by atoms with Crippen LogP contribution in [-0.4, -0.2) is 49.7 Å². The van der Waals surface area contributed by atoms with Crippen LogP contribution < -0.4 is 4.74 Å². The zero-order valence-corrected chi connectivity index (χ0v) is 17.3. The molecule has 31 heavy (non-hydrogen) atoms. The third kappa shape index (κ3) is 4.15. The highest BCUT2D eigenvalue weighted by Crippen LogP contribution is 2.48. The van der Waals surface area contributed by atoms with Gasteiger partial charge in [-0.25, -0.2) is 19.0 Å². The molecule has 8 heteroatoms. The summed E-state index contributed by atoms with van der Waals surface area (Å²) in [6.07, 6.45) is 7.48. The maximum absolute atomic E-state index is 13.6. The van der Waals surface area contributed by atoms with Gasteiger partial charge in [0.05, 0.1) is 18.5 Å². The van der Waals surface area contributed by atoms with Crippen LogP contribution in [0.3, 0.4) is 0 Å². The minimum Gasteiger partial charge on any atom is -0.478 e. The van der Waals surface area contributed by atoms with Crippen LogP contribution in [0, 0.1) is 24.6 Å². The minimum atomic E-state index is -0.394. The number of amides is 1. The van der Waals surface area contributed by atoms with Crippen molar-refractivity contribution in [1.29, 1.82) is 0 Å². The number of likely N-dealkylation sites (tertiary alicyclic amines) is 1. The van der Waals surface area contributed by atoms with Crippen LogP contribution in [-0.2, 0) is 0 Å². The monoisotopic (exact) mass is 421 g/mol. The summed E-state index contributed by atoms with van der Waals surface area (Å²) in [4.78, 5) is 24.1. The number of halogens is 1. The highest BCUT2D eigenvalue weighted by molar-refractivity contribution is 5.96. The van der Waals surface area contributed by atoms with E-state index in [9.17, 15) is 9.18 Å². The third-order valence-electron chi connectivity index (χ3n) is 6.14. The number of hydrogen-bond donors (Lipinski definition) is 0. The molecule has 0 aromatic carbocycles. The lowest BCUT2D eigenvalue weighted by Crippen LogP contribution is -2.46. The number of piperidine rings is 1. The number of ether oxygens (including phenoxy) is 1. The van der Waals surface area contributed by atoms with Crippen LogP contribution in [0.4, 0.5) is 4.39 Å². The SMILES string of the molecule is Cc1ccc(-n2cccn2)c(C(=O)N2CC3C[C@@H]3C[C@H]2CCOc2ccc(F)cn2)n1. The summed E-state index contributed by atoms with van der Waals surface area (Å²) in [5.41, 5.74) is 1.90. The molecular formula is C23H24FN5O2. The summed E-state index contributed by atoms with van der Waals surface area (Å²) in [6.45, 7) is 3.05. The molecule has 1 saturated carbocycles. The Morgan fingerprint density at radius 1 is 1.23 bits per heavy atom. The molecule has 5 rings (SSSR count). The summed E-state index contributed by atoms with van der Waals surface area (Å²) >= 11 is 0. The van der Waals surface area contributed by atoms with Crippen molar-refractivity contribution in [2.75, 3.05) is 13.2 Å². The van der Waals surface area contributed by atoms with E-state index in [4.69, 9.17) is 4.74 Å². The van der Waals surface area contributed by atoms with Gasteiger partial charge in [-0.15, -0.1) is 0 Å². The molecule has 1 aliphatic heterocycles. The quantitative estimate of drug-likeness (QED) is 0.610. The van der Waals surface area contributed by atoms with Gasteiger partial charge in [-0.1, -0.05) is 0 Å². The van der Waals surface area contributed by atoms with Gasteiger partial charge in [-0.05, 0) is 55.9 Å². The lowest BCUT2D eigenvalue weighted by atomic mass is 9.98. The van der Waals surface area contributed by atoms with E-state index in [2.05, 4.69) is 15.1 Å². The number of nitrogens with zero attached hydrogens (tertiary/aromatic N) is 5. The second kappa shape index (κ2) is 8.09. The van der Waals surface area contributed by atoms with Crippen molar-refractivity contribution in [3.05, 3.63) is 66.1 Å². The van der Waals surface area contributed by atoms with E-state index in [0.717, 1.165) is 24.9 Å². The molecule has 1 amide bonds. The van der Waals surface area contributed by atoms with Crippen LogP contribution in [0.2, 0.25) is 0 Å². The molecule has 0 spiro atoms. The Labute approximate surface area is 179 Å². The van der Waals surface area contributed by atoms with Gasteiger partial charge in [0, 0.05) is 43.2 Å². The molecule has 3 aromatic rings. The lowest BCUT2D eigenvalue weighted by molar-refractivity contribution is 0.0559. The van der Waals surface area contributed by atoms with Crippen LogP contribution in [0.1, 0.15) is 35.4 Å². The fourth-order valence-corrected chi connectivity index (χ4v) is 4.41. The Balaban J connectivity index is 1.34. The molecule has 1 aliphatic carbocycles. The van der Waals surface area contributed by atoms with E-state index >= 15 is 0 Å². The number of aryl methyl sites for hydroxylation is 1. The van der Waals surface area contributed by atoms with E-state index in [-0.39, 0.29) is 11.9 Å². The van der Waals surface area contributed by atoms with Crippen LogP contribution in [0.25, 0.3) is 5.69 Å². The number of carbonyl (C=O) groups is 1. The van der Waals surface area contributed by atoms with Crippen molar-refractivity contribution in [1.82, 2.24) is 24.6 Å². The maximum atomic E-state index is 13.6. The predicted molar refractivity (Wildman–Crippen MR) is 111 cm³/mol. The van der Waals surface area contributed by atoms with Gasteiger partial charge < -0.3 is 9.64 Å². The Hall–Kier alpha value is -3.29. The van der Waals surface area contributed by atoms with E-state index in [1.165, 1.54) is 18.6 Å². The predicted octanol–water partition coefficient (Wildman–Crippen LogP) is 3.43. The molecule has 2 aliphatic rings. The molecule has 160 valence electrons. The Morgan fingerprint density at radius 2 is 2.13 bits per heavy atom. The molecule has 3 atom stereocenters. The molecule has 1 saturated heterocycles. The van der Waals surface area contributed by atoms with Gasteiger partial charge in [0.25, 0.3) is 5.91 Å². The van der Waals surface area contributed by atoms with Gasteiger partial charge in [0.2, 0.25) is 5.88 Å². The number of aromatic nitrogens is 4. The van der Waals surface area contributed by atoms with Crippen molar-refractivity contribution in [2.24, 2.45) is 11.8 Å². The molecule has 2 fully saturated rings. The van der Waals surface area contributed by atoms with Gasteiger partial charge in [0.15, 0.2) is 5.69 Å². The topological polar surface area (TPSA) is 73.1 Å². The van der Waals surface area contributed by atoms with Gasteiger partial charge in [0.1, 0.15) is 5.82 Å². The zero-order chi connectivity index (χ0) is 21.4. The molecule has 0 N–H and O–H groups in total. The lowest BCUT2D eigenvalue weighted by Gasteiger charge is -2.35. The average molecular weight is 421 g/mol. The molecule has 0 radical (unpaired) electrons. The summed E-state index contributed by atoms with van der Waals surface area (Å²) in [5, 5.41) is 4.29. The van der Waals surface area contributed by atoms with Crippen molar-refractivity contribution >= 4 is 5.91 Å². The Morgan fingerprint density at radius 3 is 2.90 bits per heavy atom. The van der Waals surface area contributed by atoms with Crippen molar-refractivity contribution in [2.45, 2.75) is 32.2 Å². The normalized spacial score (nSPS) is 22.1.